The van der Waals surface area contributed by atoms with Gasteiger partial charge in [0.15, 0.2) is 0 Å². The topological polar surface area (TPSA) is 82.1 Å². The van der Waals surface area contributed by atoms with Crippen LogP contribution >= 0.6 is 11.3 Å². The Morgan fingerprint density at radius 1 is 1.32 bits per heavy atom. The molecule has 0 unspecified atom stereocenters. The Balaban J connectivity index is 2.01. The standard InChI is InChI=1S/C13H12N2O3S/c1-8-11(13(17)18)19-10(15-8)7-14-12(16)9-5-3-2-4-6-9/h2-6H,7H2,1H3,(H,14,16)(H,17,18)/p-1. The van der Waals surface area contributed by atoms with Crippen LogP contribution < -0.4 is 10.4 Å². The molecule has 1 N–H and O–H groups in total. The molecule has 2 rings (SSSR count). The van der Waals surface area contributed by atoms with Gasteiger partial charge in [-0.25, -0.2) is 4.98 Å². The maximum absolute atomic E-state index is 11.8. The molecule has 1 aromatic heterocycles. The maximum Gasteiger partial charge on any atom is 0.251 e. The van der Waals surface area contributed by atoms with E-state index in [1.54, 1.807) is 31.2 Å². The van der Waals surface area contributed by atoms with Crippen molar-refractivity contribution in [2.24, 2.45) is 0 Å². The van der Waals surface area contributed by atoms with Crippen LogP contribution in [-0.4, -0.2) is 16.9 Å². The van der Waals surface area contributed by atoms with Gasteiger partial charge in [0.2, 0.25) is 0 Å². The van der Waals surface area contributed by atoms with Crippen molar-refractivity contribution in [2.45, 2.75) is 13.5 Å². The first-order valence-electron chi connectivity index (χ1n) is 5.59. The van der Waals surface area contributed by atoms with Crippen LogP contribution in [-0.2, 0) is 6.54 Å². The molecule has 2 aromatic rings. The largest absolute Gasteiger partial charge is 0.544 e. The van der Waals surface area contributed by atoms with Crippen molar-refractivity contribution in [1.29, 1.82) is 0 Å². The van der Waals surface area contributed by atoms with Crippen LogP contribution in [0, 0.1) is 6.92 Å². The van der Waals surface area contributed by atoms with E-state index in [2.05, 4.69) is 10.3 Å². The molecule has 1 heterocycles. The Morgan fingerprint density at radius 2 is 2.00 bits per heavy atom. The Labute approximate surface area is 113 Å². The number of hydrogen-bond donors (Lipinski definition) is 1. The van der Waals surface area contributed by atoms with E-state index in [1.165, 1.54) is 0 Å². The Hall–Kier alpha value is -2.21. The summed E-state index contributed by atoms with van der Waals surface area (Å²) in [4.78, 5) is 26.7. The number of rotatable bonds is 4. The van der Waals surface area contributed by atoms with Crippen LogP contribution in [0.1, 0.15) is 30.7 Å². The molecule has 5 nitrogen and oxygen atoms in total. The van der Waals surface area contributed by atoms with E-state index in [1.807, 2.05) is 6.07 Å². The first-order chi connectivity index (χ1) is 9.08. The SMILES string of the molecule is Cc1nc(CNC(=O)c2ccccc2)sc1C(=O)[O-]. The highest BCUT2D eigenvalue weighted by atomic mass is 32.1. The summed E-state index contributed by atoms with van der Waals surface area (Å²) in [6.07, 6.45) is 0. The average Bonchev–Trinajstić information content (AvgIpc) is 2.78. The van der Waals surface area contributed by atoms with Crippen LogP contribution in [0.15, 0.2) is 30.3 Å². The van der Waals surface area contributed by atoms with Gasteiger partial charge in [0.1, 0.15) is 5.01 Å². The second-order valence-corrected chi connectivity index (χ2v) is 4.94. The monoisotopic (exact) mass is 275 g/mol. The number of carbonyl (C=O) groups is 2. The molecule has 6 heteroatoms. The highest BCUT2D eigenvalue weighted by Crippen LogP contribution is 2.17. The predicted octanol–water partition coefficient (Wildman–Crippen LogP) is 0.745. The number of carboxylic acid groups (broad SMARTS) is 1. The van der Waals surface area contributed by atoms with E-state index in [0.29, 0.717) is 16.3 Å². The van der Waals surface area contributed by atoms with Gasteiger partial charge >= 0.3 is 0 Å². The van der Waals surface area contributed by atoms with Gasteiger partial charge in [0.25, 0.3) is 5.91 Å². The molecular weight excluding hydrogens is 264 g/mol. The molecule has 1 aromatic carbocycles. The summed E-state index contributed by atoms with van der Waals surface area (Å²) in [7, 11) is 0. The fourth-order valence-electron chi connectivity index (χ4n) is 1.56. The zero-order valence-electron chi connectivity index (χ0n) is 10.2. The zero-order chi connectivity index (χ0) is 13.8. The van der Waals surface area contributed by atoms with Crippen molar-refractivity contribution >= 4 is 23.2 Å². The summed E-state index contributed by atoms with van der Waals surface area (Å²) < 4.78 is 0. The Morgan fingerprint density at radius 3 is 2.58 bits per heavy atom. The molecule has 0 saturated carbocycles. The van der Waals surface area contributed by atoms with Crippen LogP contribution in [0.25, 0.3) is 0 Å². The molecule has 0 saturated heterocycles. The minimum Gasteiger partial charge on any atom is -0.544 e. The fraction of sp³-hybridized carbons (Fsp3) is 0.154. The van der Waals surface area contributed by atoms with Crippen molar-refractivity contribution in [3.05, 3.63) is 51.5 Å². The molecule has 0 aliphatic heterocycles. The lowest BCUT2D eigenvalue weighted by molar-refractivity contribution is -0.254. The van der Waals surface area contributed by atoms with Gasteiger partial charge in [-0.05, 0) is 19.1 Å². The van der Waals surface area contributed by atoms with E-state index in [9.17, 15) is 14.7 Å². The van der Waals surface area contributed by atoms with Gasteiger partial charge < -0.3 is 15.2 Å². The van der Waals surface area contributed by atoms with Crippen molar-refractivity contribution in [3.8, 4) is 0 Å². The quantitative estimate of drug-likeness (QED) is 0.892. The van der Waals surface area contributed by atoms with Gasteiger partial charge in [0.05, 0.1) is 23.1 Å². The number of aryl methyl sites for hydroxylation is 1. The van der Waals surface area contributed by atoms with Gasteiger partial charge in [-0.1, -0.05) is 18.2 Å². The number of amides is 1. The van der Waals surface area contributed by atoms with Crippen LogP contribution in [0.3, 0.4) is 0 Å². The van der Waals surface area contributed by atoms with Gasteiger partial charge in [-0.15, -0.1) is 11.3 Å². The van der Waals surface area contributed by atoms with Crippen molar-refractivity contribution in [3.63, 3.8) is 0 Å². The molecule has 19 heavy (non-hydrogen) atoms. The third-order valence-corrected chi connectivity index (χ3v) is 3.60. The summed E-state index contributed by atoms with van der Waals surface area (Å²) in [5.74, 6) is -1.46. The summed E-state index contributed by atoms with van der Waals surface area (Å²) in [5.41, 5.74) is 0.963. The molecular formula is C13H11N2O3S-. The molecule has 0 radical (unpaired) electrons. The Kier molecular flexibility index (Phi) is 3.91. The normalized spacial score (nSPS) is 10.2. The summed E-state index contributed by atoms with van der Waals surface area (Å²) in [6, 6.07) is 8.78. The molecule has 0 aliphatic rings. The molecule has 98 valence electrons. The number of thiazole rings is 1. The Bertz CT molecular complexity index is 608. The van der Waals surface area contributed by atoms with E-state index < -0.39 is 5.97 Å². The predicted molar refractivity (Wildman–Crippen MR) is 68.8 cm³/mol. The summed E-state index contributed by atoms with van der Waals surface area (Å²) >= 11 is 1.02. The zero-order valence-corrected chi connectivity index (χ0v) is 11.0. The van der Waals surface area contributed by atoms with Crippen molar-refractivity contribution in [1.82, 2.24) is 10.3 Å². The molecule has 1 amide bonds. The third-order valence-electron chi connectivity index (χ3n) is 2.46. The number of hydrogen-bond acceptors (Lipinski definition) is 5. The van der Waals surface area contributed by atoms with E-state index in [0.717, 1.165) is 11.3 Å². The minimum atomic E-state index is -1.24. The van der Waals surface area contributed by atoms with E-state index in [-0.39, 0.29) is 17.3 Å². The number of benzene rings is 1. The van der Waals surface area contributed by atoms with Gasteiger partial charge in [-0.2, -0.15) is 0 Å². The highest BCUT2D eigenvalue weighted by molar-refractivity contribution is 7.13. The number of aromatic nitrogens is 1. The number of nitrogens with zero attached hydrogens (tertiary/aromatic N) is 1. The third kappa shape index (κ3) is 3.17. The fourth-order valence-corrected chi connectivity index (χ4v) is 2.40. The van der Waals surface area contributed by atoms with E-state index in [4.69, 9.17) is 0 Å². The number of aromatic carboxylic acids is 1. The lowest BCUT2D eigenvalue weighted by Crippen LogP contribution is -2.22. The van der Waals surface area contributed by atoms with Gasteiger partial charge in [-0.3, -0.25) is 4.79 Å². The van der Waals surface area contributed by atoms with Gasteiger partial charge in [0, 0.05) is 5.56 Å². The molecule has 0 spiro atoms. The first-order valence-corrected chi connectivity index (χ1v) is 6.40. The highest BCUT2D eigenvalue weighted by Gasteiger charge is 2.10. The minimum absolute atomic E-state index is 0.101. The second-order valence-electron chi connectivity index (χ2n) is 3.86. The average molecular weight is 275 g/mol. The molecule has 0 atom stereocenters. The van der Waals surface area contributed by atoms with Crippen LogP contribution in [0.5, 0.6) is 0 Å². The first kappa shape index (κ1) is 13.2. The second kappa shape index (κ2) is 5.62. The van der Waals surface area contributed by atoms with Crippen LogP contribution in [0.4, 0.5) is 0 Å². The number of nitrogens with one attached hydrogen (secondary N) is 1. The lowest BCUT2D eigenvalue weighted by Gasteiger charge is -2.02. The van der Waals surface area contributed by atoms with E-state index >= 15 is 0 Å². The molecule has 0 bridgehead atoms. The summed E-state index contributed by atoms with van der Waals surface area (Å²) in [6.45, 7) is 1.80. The number of carbonyl (C=O) groups excluding carboxylic acids is 2. The molecule has 0 aliphatic carbocycles. The summed E-state index contributed by atoms with van der Waals surface area (Å²) in [5, 5.41) is 14.0. The van der Waals surface area contributed by atoms with Crippen molar-refractivity contribution < 1.29 is 14.7 Å². The molecule has 0 fully saturated rings. The number of carboxylic acids is 1. The van der Waals surface area contributed by atoms with Crippen LogP contribution in [0.2, 0.25) is 0 Å². The van der Waals surface area contributed by atoms with Crippen molar-refractivity contribution in [2.75, 3.05) is 0 Å². The maximum atomic E-state index is 11.8. The smallest absolute Gasteiger partial charge is 0.251 e. The lowest BCUT2D eigenvalue weighted by atomic mass is 10.2.